The molecule has 2 aromatic heterocycles. The molecule has 0 aliphatic carbocycles. The second-order valence-corrected chi connectivity index (χ2v) is 9.51. The number of rotatable bonds is 5. The van der Waals surface area contributed by atoms with Gasteiger partial charge in [0.25, 0.3) is 0 Å². The summed E-state index contributed by atoms with van der Waals surface area (Å²) in [4.78, 5) is 19.9. The Morgan fingerprint density at radius 3 is 2.65 bits per heavy atom. The van der Waals surface area contributed by atoms with Crippen LogP contribution in [0.4, 0.5) is 5.82 Å². The third-order valence-electron chi connectivity index (χ3n) is 6.31. The number of aromatic nitrogens is 2. The molecule has 2 aromatic carbocycles. The Morgan fingerprint density at radius 2 is 1.84 bits per heavy atom. The van der Waals surface area contributed by atoms with Crippen LogP contribution in [0.5, 0.6) is 0 Å². The van der Waals surface area contributed by atoms with Gasteiger partial charge in [-0.1, -0.05) is 32.0 Å². The molecule has 3 heterocycles. The monoisotopic (exact) mass is 432 g/mol. The maximum atomic E-state index is 11.9. The lowest BCUT2D eigenvalue weighted by Crippen LogP contribution is -2.47. The van der Waals surface area contributed by atoms with Gasteiger partial charge in [0.05, 0.1) is 4.70 Å². The molecule has 1 saturated heterocycles. The zero-order valence-corrected chi connectivity index (χ0v) is 18.9. The van der Waals surface area contributed by atoms with Crippen molar-refractivity contribution in [2.24, 2.45) is 0 Å². The number of benzene rings is 2. The van der Waals surface area contributed by atoms with E-state index in [9.17, 15) is 4.79 Å². The maximum Gasteiger partial charge on any atom is 0.248 e. The molecular formula is C25H28N4OS. The third-order valence-corrected chi connectivity index (χ3v) is 7.13. The van der Waals surface area contributed by atoms with Gasteiger partial charge in [-0.25, -0.2) is 0 Å². The van der Waals surface area contributed by atoms with E-state index in [0.29, 0.717) is 5.92 Å². The first-order valence-corrected chi connectivity index (χ1v) is 11.8. The first-order valence-electron chi connectivity index (χ1n) is 11.1. The topological polar surface area (TPSA) is 52.2 Å². The van der Waals surface area contributed by atoms with Gasteiger partial charge in [-0.3, -0.25) is 9.69 Å². The summed E-state index contributed by atoms with van der Waals surface area (Å²) in [7, 11) is 0. The maximum absolute atomic E-state index is 11.9. The molecule has 0 atom stereocenters. The molecule has 0 unspecified atom stereocenters. The Hall–Kier alpha value is -2.70. The number of nitrogens with zero attached hydrogens (tertiary/aromatic N) is 3. The van der Waals surface area contributed by atoms with E-state index in [1.165, 1.54) is 21.0 Å². The average Bonchev–Trinajstić information content (AvgIpc) is 3.21. The average molecular weight is 433 g/mol. The Kier molecular flexibility index (Phi) is 5.50. The van der Waals surface area contributed by atoms with Crippen LogP contribution < -0.4 is 10.5 Å². The van der Waals surface area contributed by atoms with Crippen molar-refractivity contribution in [3.05, 3.63) is 70.0 Å². The van der Waals surface area contributed by atoms with Gasteiger partial charge in [0, 0.05) is 55.1 Å². The fourth-order valence-electron chi connectivity index (χ4n) is 4.53. The molecule has 160 valence electrons. The minimum absolute atomic E-state index is 0.0188. The summed E-state index contributed by atoms with van der Waals surface area (Å²) in [5.41, 5.74) is 3.37. The predicted octanol–water partition coefficient (Wildman–Crippen LogP) is 4.63. The summed E-state index contributed by atoms with van der Waals surface area (Å²) in [5.74, 6) is 1.47. The number of piperazine rings is 1. The molecule has 0 saturated carbocycles. The standard InChI is InChI=1S/C25H28N4OS/c1-17(2)20-16-24(30)26-22-8-7-18(15-21(20)22)9-10-28-11-13-29(14-12-28)25-19-5-3-4-6-23(19)31-27-25/h3-8,15-17H,9-14H2,1-2H3,(H,26,30). The van der Waals surface area contributed by atoms with Gasteiger partial charge in [0.2, 0.25) is 5.56 Å². The molecule has 0 bridgehead atoms. The van der Waals surface area contributed by atoms with E-state index in [2.05, 4.69) is 71.1 Å². The molecule has 1 N–H and O–H groups in total. The number of H-pyrrole nitrogens is 1. The first-order chi connectivity index (χ1) is 15.1. The molecule has 4 aromatic rings. The van der Waals surface area contributed by atoms with Crippen molar-refractivity contribution in [2.45, 2.75) is 26.2 Å². The molecule has 1 aliphatic rings. The Balaban J connectivity index is 1.24. The van der Waals surface area contributed by atoms with Crippen molar-refractivity contribution in [1.82, 2.24) is 14.3 Å². The van der Waals surface area contributed by atoms with Crippen LogP contribution in [-0.2, 0) is 6.42 Å². The summed E-state index contributed by atoms with van der Waals surface area (Å²) in [6, 6.07) is 16.7. The SMILES string of the molecule is CC(C)c1cc(=O)[nH]c2ccc(CCN3CCN(c4nsc5ccccc45)CC3)cc12. The zero-order chi connectivity index (χ0) is 21.4. The van der Waals surface area contributed by atoms with E-state index < -0.39 is 0 Å². The summed E-state index contributed by atoms with van der Waals surface area (Å²) in [6.45, 7) is 9.50. The van der Waals surface area contributed by atoms with Crippen LogP contribution in [0.3, 0.4) is 0 Å². The summed E-state index contributed by atoms with van der Waals surface area (Å²) in [6.07, 6.45) is 1.02. The Bertz CT molecular complexity index is 1270. The summed E-state index contributed by atoms with van der Waals surface area (Å²) < 4.78 is 5.98. The highest BCUT2D eigenvalue weighted by Crippen LogP contribution is 2.30. The van der Waals surface area contributed by atoms with Gasteiger partial charge in [-0.15, -0.1) is 0 Å². The number of aromatic amines is 1. The van der Waals surface area contributed by atoms with Gasteiger partial charge in [-0.05, 0) is 59.3 Å². The molecule has 31 heavy (non-hydrogen) atoms. The largest absolute Gasteiger partial charge is 0.353 e. The van der Waals surface area contributed by atoms with Gasteiger partial charge < -0.3 is 9.88 Å². The van der Waals surface area contributed by atoms with Crippen LogP contribution in [0.25, 0.3) is 21.0 Å². The van der Waals surface area contributed by atoms with Crippen molar-refractivity contribution in [3.63, 3.8) is 0 Å². The molecule has 1 fully saturated rings. The van der Waals surface area contributed by atoms with E-state index >= 15 is 0 Å². The zero-order valence-electron chi connectivity index (χ0n) is 18.1. The highest BCUT2D eigenvalue weighted by atomic mass is 32.1. The fourth-order valence-corrected chi connectivity index (χ4v) is 5.33. The number of hydrogen-bond donors (Lipinski definition) is 1. The van der Waals surface area contributed by atoms with E-state index in [1.807, 2.05) is 0 Å². The second-order valence-electron chi connectivity index (χ2n) is 8.70. The number of pyridine rings is 1. The normalized spacial score (nSPS) is 15.4. The quantitative estimate of drug-likeness (QED) is 0.500. The number of anilines is 1. The molecule has 0 radical (unpaired) electrons. The summed E-state index contributed by atoms with van der Waals surface area (Å²) in [5, 5.41) is 2.45. The first kappa shape index (κ1) is 20.2. The van der Waals surface area contributed by atoms with E-state index in [0.717, 1.165) is 56.0 Å². The Morgan fingerprint density at radius 1 is 1.03 bits per heavy atom. The molecule has 5 nitrogen and oxygen atoms in total. The molecule has 1 aliphatic heterocycles. The summed E-state index contributed by atoms with van der Waals surface area (Å²) >= 11 is 1.59. The smallest absolute Gasteiger partial charge is 0.248 e. The van der Waals surface area contributed by atoms with Gasteiger partial charge in [0.1, 0.15) is 5.82 Å². The minimum atomic E-state index is -0.0188. The van der Waals surface area contributed by atoms with Gasteiger partial charge in [0.15, 0.2) is 0 Å². The molecule has 5 rings (SSSR count). The minimum Gasteiger partial charge on any atom is -0.353 e. The van der Waals surface area contributed by atoms with Crippen LogP contribution in [0, 0.1) is 0 Å². The van der Waals surface area contributed by atoms with Crippen LogP contribution in [0.2, 0.25) is 0 Å². The highest BCUT2D eigenvalue weighted by molar-refractivity contribution is 7.13. The lowest BCUT2D eigenvalue weighted by Gasteiger charge is -2.35. The molecule has 0 amide bonds. The van der Waals surface area contributed by atoms with Crippen molar-refractivity contribution in [2.75, 3.05) is 37.6 Å². The molecular weight excluding hydrogens is 404 g/mol. The fraction of sp³-hybridized carbons (Fsp3) is 0.360. The third kappa shape index (κ3) is 4.10. The molecule has 6 heteroatoms. The number of hydrogen-bond acceptors (Lipinski definition) is 5. The predicted molar refractivity (Wildman–Crippen MR) is 131 cm³/mol. The van der Waals surface area contributed by atoms with Crippen LogP contribution in [0.15, 0.2) is 53.3 Å². The van der Waals surface area contributed by atoms with Crippen molar-refractivity contribution < 1.29 is 0 Å². The highest BCUT2D eigenvalue weighted by Gasteiger charge is 2.20. The van der Waals surface area contributed by atoms with E-state index in [-0.39, 0.29) is 5.56 Å². The van der Waals surface area contributed by atoms with Crippen molar-refractivity contribution in [1.29, 1.82) is 0 Å². The van der Waals surface area contributed by atoms with Gasteiger partial charge >= 0.3 is 0 Å². The molecule has 0 spiro atoms. The Labute approximate surface area is 186 Å². The van der Waals surface area contributed by atoms with Crippen molar-refractivity contribution >= 4 is 38.3 Å². The number of fused-ring (bicyclic) bond motifs is 2. The van der Waals surface area contributed by atoms with Crippen molar-refractivity contribution in [3.8, 4) is 0 Å². The van der Waals surface area contributed by atoms with E-state index in [1.54, 1.807) is 17.6 Å². The lowest BCUT2D eigenvalue weighted by molar-refractivity contribution is 0.261. The second kappa shape index (κ2) is 8.44. The van der Waals surface area contributed by atoms with Crippen LogP contribution >= 0.6 is 11.5 Å². The van der Waals surface area contributed by atoms with Crippen LogP contribution in [0.1, 0.15) is 30.9 Å². The van der Waals surface area contributed by atoms with E-state index in [4.69, 9.17) is 4.37 Å². The van der Waals surface area contributed by atoms with Crippen LogP contribution in [-0.4, -0.2) is 47.0 Å². The lowest BCUT2D eigenvalue weighted by atomic mass is 9.97. The van der Waals surface area contributed by atoms with Gasteiger partial charge in [-0.2, -0.15) is 4.37 Å². The number of nitrogens with one attached hydrogen (secondary N) is 1.